The van der Waals surface area contributed by atoms with Gasteiger partial charge in [0.2, 0.25) is 5.91 Å². The van der Waals surface area contributed by atoms with Gasteiger partial charge in [-0.15, -0.1) is 0 Å². The van der Waals surface area contributed by atoms with Gasteiger partial charge in [-0.25, -0.2) is 0 Å². The zero-order valence-electron chi connectivity index (χ0n) is 16.1. The number of piperidine rings is 1. The highest BCUT2D eigenvalue weighted by Crippen LogP contribution is 2.31. The molecule has 1 N–H and O–H groups in total. The van der Waals surface area contributed by atoms with Crippen molar-refractivity contribution in [2.24, 2.45) is 5.92 Å². The number of amides is 2. The maximum Gasteiger partial charge on any atom is 0.416 e. The Bertz CT molecular complexity index is 949. The first-order valence-corrected chi connectivity index (χ1v) is 9.68. The Balaban J connectivity index is 1.68. The predicted molar refractivity (Wildman–Crippen MR) is 107 cm³/mol. The maximum absolute atomic E-state index is 12.9. The number of hydrogen-bond donors (Lipinski definition) is 1. The molecule has 0 aliphatic carbocycles. The molecular weight excluding hydrogens is 421 g/mol. The fraction of sp³-hybridized carbons (Fsp3) is 0.333. The smallest absolute Gasteiger partial charge is 0.416 e. The van der Waals surface area contributed by atoms with Crippen LogP contribution in [0.25, 0.3) is 0 Å². The summed E-state index contributed by atoms with van der Waals surface area (Å²) in [4.78, 5) is 26.8. The Morgan fingerprint density at radius 1 is 1.20 bits per heavy atom. The molecule has 0 saturated carbocycles. The van der Waals surface area contributed by atoms with Crippen LogP contribution in [0.5, 0.6) is 5.75 Å². The van der Waals surface area contributed by atoms with Crippen molar-refractivity contribution >= 4 is 29.1 Å². The molecule has 1 fully saturated rings. The van der Waals surface area contributed by atoms with E-state index in [1.165, 1.54) is 24.1 Å². The van der Waals surface area contributed by atoms with E-state index in [1.807, 2.05) is 0 Å². The van der Waals surface area contributed by atoms with Crippen LogP contribution in [-0.2, 0) is 11.0 Å². The first-order chi connectivity index (χ1) is 14.2. The predicted octanol–water partition coefficient (Wildman–Crippen LogP) is 4.86. The highest BCUT2D eigenvalue weighted by molar-refractivity contribution is 6.32. The van der Waals surface area contributed by atoms with Crippen molar-refractivity contribution in [3.05, 3.63) is 58.6 Å². The third-order valence-corrected chi connectivity index (χ3v) is 5.23. The summed E-state index contributed by atoms with van der Waals surface area (Å²) in [7, 11) is 1.48. The Morgan fingerprint density at radius 2 is 1.97 bits per heavy atom. The van der Waals surface area contributed by atoms with Gasteiger partial charge in [0.15, 0.2) is 0 Å². The number of rotatable bonds is 4. The first-order valence-electron chi connectivity index (χ1n) is 9.30. The minimum atomic E-state index is -4.53. The Kier molecular flexibility index (Phi) is 6.55. The quantitative estimate of drug-likeness (QED) is 0.738. The summed E-state index contributed by atoms with van der Waals surface area (Å²) in [6, 6.07) is 9.15. The minimum Gasteiger partial charge on any atom is -0.495 e. The summed E-state index contributed by atoms with van der Waals surface area (Å²) in [5.41, 5.74) is -0.434. The molecule has 2 aromatic rings. The van der Waals surface area contributed by atoms with Crippen LogP contribution < -0.4 is 10.1 Å². The molecule has 30 heavy (non-hydrogen) atoms. The monoisotopic (exact) mass is 440 g/mol. The number of carbonyl (C=O) groups is 2. The number of likely N-dealkylation sites (tertiary alicyclic amines) is 1. The number of carbonyl (C=O) groups excluding carboxylic acids is 2. The first kappa shape index (κ1) is 22.0. The van der Waals surface area contributed by atoms with Crippen LogP contribution in [0.3, 0.4) is 0 Å². The molecule has 1 heterocycles. The number of methoxy groups -OCH3 is 1. The topological polar surface area (TPSA) is 58.6 Å². The van der Waals surface area contributed by atoms with E-state index < -0.39 is 23.6 Å². The van der Waals surface area contributed by atoms with Gasteiger partial charge in [-0.1, -0.05) is 17.7 Å². The lowest BCUT2D eigenvalue weighted by atomic mass is 9.96. The van der Waals surface area contributed by atoms with Crippen molar-refractivity contribution in [2.75, 3.05) is 25.5 Å². The number of hydrogen-bond acceptors (Lipinski definition) is 3. The number of ether oxygens (including phenoxy) is 1. The fourth-order valence-electron chi connectivity index (χ4n) is 3.38. The van der Waals surface area contributed by atoms with Gasteiger partial charge in [0.05, 0.1) is 23.6 Å². The molecule has 5 nitrogen and oxygen atoms in total. The Labute approximate surface area is 176 Å². The largest absolute Gasteiger partial charge is 0.495 e. The molecule has 2 amide bonds. The molecule has 0 aromatic heterocycles. The molecule has 0 bridgehead atoms. The van der Waals surface area contributed by atoms with Gasteiger partial charge in [-0.05, 0) is 49.2 Å². The van der Waals surface area contributed by atoms with E-state index in [9.17, 15) is 22.8 Å². The van der Waals surface area contributed by atoms with E-state index in [-0.39, 0.29) is 18.0 Å². The van der Waals surface area contributed by atoms with Crippen molar-refractivity contribution in [3.8, 4) is 5.75 Å². The molecular formula is C21H20ClF3N2O3. The summed E-state index contributed by atoms with van der Waals surface area (Å²) < 4.78 is 43.9. The normalized spacial score (nSPS) is 16.8. The molecule has 3 rings (SSSR count). The third-order valence-electron chi connectivity index (χ3n) is 4.94. The highest BCUT2D eigenvalue weighted by Gasteiger charge is 2.33. The Morgan fingerprint density at radius 3 is 2.63 bits per heavy atom. The highest BCUT2D eigenvalue weighted by atomic mass is 35.5. The van der Waals surface area contributed by atoms with Crippen molar-refractivity contribution in [3.63, 3.8) is 0 Å². The lowest BCUT2D eigenvalue weighted by molar-refractivity contribution is -0.137. The van der Waals surface area contributed by atoms with Crippen molar-refractivity contribution in [2.45, 2.75) is 19.0 Å². The van der Waals surface area contributed by atoms with Crippen LogP contribution in [0, 0.1) is 5.92 Å². The number of anilines is 1. The molecule has 0 unspecified atom stereocenters. The zero-order chi connectivity index (χ0) is 21.9. The number of halogens is 4. The second-order valence-electron chi connectivity index (χ2n) is 7.01. The molecule has 1 atom stereocenters. The van der Waals surface area contributed by atoms with Gasteiger partial charge in [0.25, 0.3) is 5.91 Å². The van der Waals surface area contributed by atoms with Gasteiger partial charge in [-0.2, -0.15) is 13.2 Å². The lowest BCUT2D eigenvalue weighted by Crippen LogP contribution is -2.43. The number of nitrogens with one attached hydrogen (secondary N) is 1. The minimum absolute atomic E-state index is 0.0483. The van der Waals surface area contributed by atoms with Crippen molar-refractivity contribution in [1.82, 2.24) is 4.90 Å². The van der Waals surface area contributed by atoms with Crippen LogP contribution in [0.2, 0.25) is 5.02 Å². The summed E-state index contributed by atoms with van der Waals surface area (Å²) in [6.45, 7) is 0.512. The zero-order valence-corrected chi connectivity index (χ0v) is 16.9. The number of nitrogens with zero attached hydrogens (tertiary/aromatic N) is 1. The second kappa shape index (κ2) is 8.95. The molecule has 1 aliphatic heterocycles. The summed E-state index contributed by atoms with van der Waals surface area (Å²) in [5.74, 6) is -0.802. The Hall–Kier alpha value is -2.74. The van der Waals surface area contributed by atoms with E-state index in [0.717, 1.165) is 12.1 Å². The van der Waals surface area contributed by atoms with Gasteiger partial charge in [0.1, 0.15) is 5.75 Å². The summed E-state index contributed by atoms with van der Waals surface area (Å²) in [6.07, 6.45) is -3.38. The van der Waals surface area contributed by atoms with Crippen LogP contribution in [-0.4, -0.2) is 36.9 Å². The van der Waals surface area contributed by atoms with Crippen LogP contribution in [0.15, 0.2) is 42.5 Å². The maximum atomic E-state index is 12.9. The molecule has 0 spiro atoms. The number of alkyl halides is 3. The molecule has 0 radical (unpaired) electrons. The number of benzene rings is 2. The lowest BCUT2D eigenvalue weighted by Gasteiger charge is -2.32. The standard InChI is InChI=1S/C21H20ClF3N2O3/c1-30-18-8-7-16(11-17(18)22)26-19(28)14-5-3-9-27(12-14)20(29)13-4-2-6-15(10-13)21(23,24)25/h2,4,6-8,10-11,14H,3,5,9,12H2,1H3,(H,26,28)/t14-/m0/s1. The van der Waals surface area contributed by atoms with E-state index >= 15 is 0 Å². The molecule has 2 aromatic carbocycles. The van der Waals surface area contributed by atoms with Gasteiger partial charge < -0.3 is 15.0 Å². The molecule has 160 valence electrons. The third kappa shape index (κ3) is 5.05. The van der Waals surface area contributed by atoms with Gasteiger partial charge in [-0.3, -0.25) is 9.59 Å². The van der Waals surface area contributed by atoms with E-state index in [0.29, 0.717) is 35.8 Å². The van der Waals surface area contributed by atoms with Crippen LogP contribution >= 0.6 is 11.6 Å². The molecule has 1 saturated heterocycles. The summed E-state index contributed by atoms with van der Waals surface area (Å²) in [5, 5.41) is 3.11. The summed E-state index contributed by atoms with van der Waals surface area (Å²) >= 11 is 6.07. The average Bonchev–Trinajstić information content (AvgIpc) is 2.73. The van der Waals surface area contributed by atoms with E-state index in [4.69, 9.17) is 16.3 Å². The van der Waals surface area contributed by atoms with Crippen LogP contribution in [0.1, 0.15) is 28.8 Å². The second-order valence-corrected chi connectivity index (χ2v) is 7.41. The van der Waals surface area contributed by atoms with Gasteiger partial charge in [0, 0.05) is 24.3 Å². The molecule has 9 heteroatoms. The van der Waals surface area contributed by atoms with E-state index in [2.05, 4.69) is 5.32 Å². The average molecular weight is 441 g/mol. The van der Waals surface area contributed by atoms with E-state index in [1.54, 1.807) is 18.2 Å². The van der Waals surface area contributed by atoms with Crippen molar-refractivity contribution in [1.29, 1.82) is 0 Å². The van der Waals surface area contributed by atoms with Crippen molar-refractivity contribution < 1.29 is 27.5 Å². The van der Waals surface area contributed by atoms with Crippen LogP contribution in [0.4, 0.5) is 18.9 Å². The SMILES string of the molecule is COc1ccc(NC(=O)[C@H]2CCCN(C(=O)c3cccc(C(F)(F)F)c3)C2)cc1Cl. The molecule has 1 aliphatic rings. The fourth-order valence-corrected chi connectivity index (χ4v) is 3.63. The van der Waals surface area contributed by atoms with Gasteiger partial charge >= 0.3 is 6.18 Å².